The van der Waals surface area contributed by atoms with E-state index in [-0.39, 0.29) is 6.03 Å². The van der Waals surface area contributed by atoms with Crippen molar-refractivity contribution in [2.24, 2.45) is 0 Å². The number of carbonyl (C=O) groups excluding carboxylic acids is 1. The Morgan fingerprint density at radius 1 is 1.17 bits per heavy atom. The summed E-state index contributed by atoms with van der Waals surface area (Å²) in [5.41, 5.74) is 1.43. The summed E-state index contributed by atoms with van der Waals surface area (Å²) >= 11 is 0. The summed E-state index contributed by atoms with van der Waals surface area (Å²) < 4.78 is 0. The summed E-state index contributed by atoms with van der Waals surface area (Å²) in [7, 11) is 0. The Kier molecular flexibility index (Phi) is 4.87. The Balaban J connectivity index is 1.51. The van der Waals surface area contributed by atoms with Crippen LogP contribution in [0.5, 0.6) is 0 Å². The molecule has 24 heavy (non-hydrogen) atoms. The van der Waals surface area contributed by atoms with E-state index in [1.54, 1.807) is 23.4 Å². The van der Waals surface area contributed by atoms with E-state index in [1.165, 1.54) is 0 Å². The quantitative estimate of drug-likeness (QED) is 0.923. The zero-order valence-corrected chi connectivity index (χ0v) is 13.2. The van der Waals surface area contributed by atoms with Crippen LogP contribution in [-0.4, -0.2) is 47.1 Å². The summed E-state index contributed by atoms with van der Waals surface area (Å²) in [5, 5.41) is 11.9. The number of nitrogens with zero attached hydrogens (tertiary/aromatic N) is 5. The molecule has 2 amide bonds. The maximum Gasteiger partial charge on any atom is 0.317 e. The van der Waals surface area contributed by atoms with Crippen molar-refractivity contribution < 1.29 is 4.79 Å². The van der Waals surface area contributed by atoms with Crippen LogP contribution in [0.1, 0.15) is 11.3 Å². The molecule has 1 saturated heterocycles. The maximum atomic E-state index is 12.2. The highest BCUT2D eigenvalue weighted by atomic mass is 16.2. The molecule has 0 atom stereocenters. The lowest BCUT2D eigenvalue weighted by Crippen LogP contribution is -2.51. The molecule has 0 radical (unpaired) electrons. The fourth-order valence-electron chi connectivity index (χ4n) is 2.59. The first kappa shape index (κ1) is 15.7. The molecule has 0 aliphatic carbocycles. The summed E-state index contributed by atoms with van der Waals surface area (Å²) in [6.07, 6.45) is 3.42. The topological polar surface area (TPSA) is 85.2 Å². The number of anilines is 1. The van der Waals surface area contributed by atoms with E-state index in [9.17, 15) is 4.79 Å². The molecule has 0 spiro atoms. The number of aromatic nitrogens is 2. The van der Waals surface area contributed by atoms with Gasteiger partial charge in [-0.3, -0.25) is 4.98 Å². The number of nitrogens with one attached hydrogen (secondary N) is 1. The molecule has 0 unspecified atom stereocenters. The summed E-state index contributed by atoms with van der Waals surface area (Å²) in [4.78, 5) is 24.4. The molecule has 1 fully saturated rings. The van der Waals surface area contributed by atoms with Gasteiger partial charge >= 0.3 is 6.03 Å². The summed E-state index contributed by atoms with van der Waals surface area (Å²) in [6, 6.07) is 11.2. The summed E-state index contributed by atoms with van der Waals surface area (Å²) in [6.45, 7) is 3.14. The molecule has 1 N–H and O–H groups in total. The van der Waals surface area contributed by atoms with Gasteiger partial charge in [-0.05, 0) is 29.8 Å². The van der Waals surface area contributed by atoms with E-state index in [4.69, 9.17) is 5.26 Å². The highest BCUT2D eigenvalue weighted by Gasteiger charge is 2.21. The van der Waals surface area contributed by atoms with Crippen molar-refractivity contribution in [1.29, 1.82) is 5.26 Å². The highest BCUT2D eigenvalue weighted by Crippen LogP contribution is 2.14. The molecule has 2 aromatic heterocycles. The monoisotopic (exact) mass is 322 g/mol. The van der Waals surface area contributed by atoms with Crippen LogP contribution in [0.2, 0.25) is 0 Å². The average Bonchev–Trinajstić information content (AvgIpc) is 2.67. The number of rotatable bonds is 3. The van der Waals surface area contributed by atoms with Gasteiger partial charge in [0.2, 0.25) is 0 Å². The molecular weight excluding hydrogens is 304 g/mol. The number of nitriles is 1. The number of amides is 2. The first-order valence-corrected chi connectivity index (χ1v) is 7.80. The molecule has 1 aliphatic rings. The molecule has 3 rings (SSSR count). The van der Waals surface area contributed by atoms with Crippen molar-refractivity contribution in [3.63, 3.8) is 0 Å². The van der Waals surface area contributed by atoms with Crippen molar-refractivity contribution in [3.05, 3.63) is 54.0 Å². The van der Waals surface area contributed by atoms with Gasteiger partial charge in [-0.2, -0.15) is 5.26 Å². The number of pyridine rings is 2. The SMILES string of the molecule is N#Cc1cccc(N2CCN(C(=O)NCc3ccncc3)CC2)n1. The molecule has 3 heterocycles. The average molecular weight is 322 g/mol. The highest BCUT2D eigenvalue weighted by molar-refractivity contribution is 5.74. The minimum atomic E-state index is -0.0646. The van der Waals surface area contributed by atoms with Crippen molar-refractivity contribution in [2.45, 2.75) is 6.54 Å². The lowest BCUT2D eigenvalue weighted by molar-refractivity contribution is 0.194. The van der Waals surface area contributed by atoms with Gasteiger partial charge < -0.3 is 15.1 Å². The fraction of sp³-hybridized carbons (Fsp3) is 0.294. The zero-order chi connectivity index (χ0) is 16.8. The van der Waals surface area contributed by atoms with Gasteiger partial charge in [-0.1, -0.05) is 6.07 Å². The van der Waals surface area contributed by atoms with E-state index < -0.39 is 0 Å². The van der Waals surface area contributed by atoms with Crippen LogP contribution in [0.4, 0.5) is 10.6 Å². The van der Waals surface area contributed by atoms with Crippen molar-refractivity contribution in [1.82, 2.24) is 20.2 Å². The molecule has 0 aromatic carbocycles. The molecular formula is C17H18N6O. The second kappa shape index (κ2) is 7.42. The van der Waals surface area contributed by atoms with E-state index in [0.29, 0.717) is 38.4 Å². The van der Waals surface area contributed by atoms with Crippen molar-refractivity contribution >= 4 is 11.8 Å². The Morgan fingerprint density at radius 3 is 2.62 bits per heavy atom. The Labute approximate surface area is 140 Å². The van der Waals surface area contributed by atoms with E-state index in [0.717, 1.165) is 11.4 Å². The van der Waals surface area contributed by atoms with Gasteiger partial charge in [-0.25, -0.2) is 9.78 Å². The Bertz CT molecular complexity index is 734. The van der Waals surface area contributed by atoms with Crippen LogP contribution >= 0.6 is 0 Å². The van der Waals surface area contributed by atoms with Gasteiger partial charge in [0.1, 0.15) is 17.6 Å². The molecule has 1 aliphatic heterocycles. The van der Waals surface area contributed by atoms with Crippen LogP contribution in [0.3, 0.4) is 0 Å². The number of urea groups is 1. The third-order valence-corrected chi connectivity index (χ3v) is 3.93. The van der Waals surface area contributed by atoms with Crippen molar-refractivity contribution in [2.75, 3.05) is 31.1 Å². The number of carbonyl (C=O) groups is 1. The largest absolute Gasteiger partial charge is 0.353 e. The van der Waals surface area contributed by atoms with Crippen LogP contribution in [0, 0.1) is 11.3 Å². The molecule has 0 bridgehead atoms. The lowest BCUT2D eigenvalue weighted by atomic mass is 10.2. The number of hydrogen-bond acceptors (Lipinski definition) is 5. The Morgan fingerprint density at radius 2 is 1.92 bits per heavy atom. The van der Waals surface area contributed by atoms with Crippen molar-refractivity contribution in [3.8, 4) is 6.07 Å². The fourth-order valence-corrected chi connectivity index (χ4v) is 2.59. The van der Waals surface area contributed by atoms with E-state index >= 15 is 0 Å². The molecule has 2 aromatic rings. The molecule has 7 heteroatoms. The maximum absolute atomic E-state index is 12.2. The zero-order valence-electron chi connectivity index (χ0n) is 13.2. The van der Waals surface area contributed by atoms with Gasteiger partial charge in [0, 0.05) is 45.1 Å². The third-order valence-electron chi connectivity index (χ3n) is 3.93. The number of hydrogen-bond donors (Lipinski definition) is 1. The molecule has 122 valence electrons. The van der Waals surface area contributed by atoms with Crippen LogP contribution in [0.15, 0.2) is 42.7 Å². The Hall–Kier alpha value is -3.14. The van der Waals surface area contributed by atoms with Gasteiger partial charge in [-0.15, -0.1) is 0 Å². The standard InChI is InChI=1S/C17H18N6O/c18-12-15-2-1-3-16(21-15)22-8-10-23(11-9-22)17(24)20-13-14-4-6-19-7-5-14/h1-7H,8-11,13H2,(H,20,24). The van der Waals surface area contributed by atoms with Gasteiger partial charge in [0.05, 0.1) is 0 Å². The molecule has 0 saturated carbocycles. The van der Waals surface area contributed by atoms with Crippen LogP contribution in [0.25, 0.3) is 0 Å². The van der Waals surface area contributed by atoms with E-state index in [2.05, 4.69) is 20.2 Å². The minimum Gasteiger partial charge on any atom is -0.353 e. The van der Waals surface area contributed by atoms with Gasteiger partial charge in [0.15, 0.2) is 0 Å². The normalized spacial score (nSPS) is 14.1. The van der Waals surface area contributed by atoms with Crippen LogP contribution in [-0.2, 0) is 6.54 Å². The smallest absolute Gasteiger partial charge is 0.317 e. The van der Waals surface area contributed by atoms with Crippen LogP contribution < -0.4 is 10.2 Å². The predicted octanol–water partition coefficient (Wildman–Crippen LogP) is 1.38. The van der Waals surface area contributed by atoms with Gasteiger partial charge in [0.25, 0.3) is 0 Å². The second-order valence-electron chi connectivity index (χ2n) is 5.48. The predicted molar refractivity (Wildman–Crippen MR) is 89.2 cm³/mol. The number of piperazine rings is 1. The first-order valence-electron chi connectivity index (χ1n) is 7.80. The van der Waals surface area contributed by atoms with E-state index in [1.807, 2.05) is 30.3 Å². The first-order chi connectivity index (χ1) is 11.8. The third kappa shape index (κ3) is 3.79. The summed E-state index contributed by atoms with van der Waals surface area (Å²) in [5.74, 6) is 0.783. The minimum absolute atomic E-state index is 0.0646. The molecule has 7 nitrogen and oxygen atoms in total. The lowest BCUT2D eigenvalue weighted by Gasteiger charge is -2.35. The second-order valence-corrected chi connectivity index (χ2v) is 5.48.